The van der Waals surface area contributed by atoms with Gasteiger partial charge in [0.1, 0.15) is 12.2 Å². The highest BCUT2D eigenvalue weighted by atomic mass is 79.9. The second-order valence-electron chi connectivity index (χ2n) is 9.75. The van der Waals surface area contributed by atoms with E-state index < -0.39 is 39.2 Å². The van der Waals surface area contributed by atoms with Gasteiger partial charge in [0.25, 0.3) is 0 Å². The molecule has 5 nitrogen and oxygen atoms in total. The number of carbonyl (C=O) groups is 2. The Morgan fingerprint density at radius 1 is 1.32 bits per heavy atom. The lowest BCUT2D eigenvalue weighted by molar-refractivity contribution is -0.178. The normalized spacial score (nSPS) is 52.5. The van der Waals surface area contributed by atoms with Crippen LogP contribution in [0.2, 0.25) is 0 Å². The molecule has 8 atom stereocenters. The molecular formula is C22H29BrO5. The summed E-state index contributed by atoms with van der Waals surface area (Å²) in [5.41, 5.74) is -1.92. The number of alkyl halides is 1. The third kappa shape index (κ3) is 2.13. The summed E-state index contributed by atoms with van der Waals surface area (Å²) >= 11 is 3.96. The molecule has 154 valence electrons. The molecule has 28 heavy (non-hydrogen) atoms. The summed E-state index contributed by atoms with van der Waals surface area (Å²) in [6.07, 6.45) is 6.85. The van der Waals surface area contributed by atoms with Gasteiger partial charge in [0.15, 0.2) is 11.6 Å². The highest BCUT2D eigenvalue weighted by molar-refractivity contribution is 9.10. The molecule has 4 rings (SSSR count). The Hall–Kier alpha value is -0.820. The number of Topliss-reactive ketones (excluding diaryl/α,β-unsaturated/α-hetero) is 1. The van der Waals surface area contributed by atoms with Crippen LogP contribution >= 0.6 is 15.9 Å². The predicted molar refractivity (Wildman–Crippen MR) is 108 cm³/mol. The summed E-state index contributed by atoms with van der Waals surface area (Å²) in [7, 11) is 0. The Balaban J connectivity index is 1.84. The third-order valence-electron chi connectivity index (χ3n) is 8.79. The first-order valence-electron chi connectivity index (χ1n) is 10.1. The number of carbonyl (C=O) groups excluding carboxylic acids is 2. The Morgan fingerprint density at radius 3 is 2.64 bits per heavy atom. The quantitative estimate of drug-likeness (QED) is 0.558. The fourth-order valence-corrected chi connectivity index (χ4v) is 8.36. The van der Waals surface area contributed by atoms with Crippen LogP contribution in [0.1, 0.15) is 46.5 Å². The highest BCUT2D eigenvalue weighted by Crippen LogP contribution is 2.71. The Kier molecular flexibility index (Phi) is 4.45. The van der Waals surface area contributed by atoms with E-state index in [9.17, 15) is 24.9 Å². The zero-order valence-electron chi connectivity index (χ0n) is 16.6. The van der Waals surface area contributed by atoms with Crippen molar-refractivity contribution < 1.29 is 24.9 Å². The van der Waals surface area contributed by atoms with Crippen molar-refractivity contribution in [2.24, 2.45) is 28.6 Å². The number of rotatable bonds is 2. The molecule has 3 N–H and O–H groups in total. The fraction of sp³-hybridized carbons (Fsp3) is 0.727. The summed E-state index contributed by atoms with van der Waals surface area (Å²) < 4.78 is -0.668. The molecular weight excluding hydrogens is 424 g/mol. The Labute approximate surface area is 174 Å². The lowest BCUT2D eigenvalue weighted by Crippen LogP contribution is -2.68. The summed E-state index contributed by atoms with van der Waals surface area (Å²) in [5, 5.41) is 32.5. The maximum Gasteiger partial charge on any atom is 0.190 e. The zero-order valence-corrected chi connectivity index (χ0v) is 18.2. The second-order valence-corrected chi connectivity index (χ2v) is 11.1. The van der Waals surface area contributed by atoms with Gasteiger partial charge in [0, 0.05) is 10.8 Å². The molecule has 3 saturated carbocycles. The van der Waals surface area contributed by atoms with Gasteiger partial charge in [0.2, 0.25) is 0 Å². The van der Waals surface area contributed by atoms with E-state index in [1.165, 1.54) is 0 Å². The number of hydrogen-bond donors (Lipinski definition) is 3. The molecule has 6 heteroatoms. The van der Waals surface area contributed by atoms with Gasteiger partial charge in [-0.1, -0.05) is 48.4 Å². The fourth-order valence-electron chi connectivity index (χ4n) is 7.26. The number of halogens is 1. The van der Waals surface area contributed by atoms with Gasteiger partial charge in [-0.3, -0.25) is 9.59 Å². The summed E-state index contributed by atoms with van der Waals surface area (Å²) in [6.45, 7) is 5.14. The standard InChI is InChI=1S/C22H29BrO5/c1-12-8-16-15-5-4-13-9-14(25)6-7-19(13,2)21(15,23)17(26)10-20(16,3)22(12,28)18(27)11-24/h6-7,9,12,15-17,24,26,28H,4-5,8,10-11H2,1-3H3/t12-,15?,16?,17-,19-,20-,21-,22-/m0/s1. The number of hydrogen-bond acceptors (Lipinski definition) is 5. The van der Waals surface area contributed by atoms with Crippen molar-refractivity contribution in [2.75, 3.05) is 6.61 Å². The van der Waals surface area contributed by atoms with Crippen LogP contribution in [-0.2, 0) is 9.59 Å². The summed E-state index contributed by atoms with van der Waals surface area (Å²) in [4.78, 5) is 24.6. The SMILES string of the molecule is C[C@H]1CC2C3CCC4=CC(=O)C=C[C@]4(C)[C@@]3(Br)[C@@H](O)C[C@]2(C)[C@@]1(O)C(=O)CO. The van der Waals surface area contributed by atoms with E-state index in [0.717, 1.165) is 18.4 Å². The molecule has 2 unspecified atom stereocenters. The molecule has 0 heterocycles. The maximum absolute atomic E-state index is 12.6. The summed E-state index contributed by atoms with van der Waals surface area (Å²) in [6, 6.07) is 0. The molecule has 0 saturated heterocycles. The average Bonchev–Trinajstić information content (AvgIpc) is 2.84. The molecule has 0 aromatic rings. The second kappa shape index (κ2) is 6.10. The zero-order chi connectivity index (χ0) is 20.7. The van der Waals surface area contributed by atoms with Crippen LogP contribution in [-0.4, -0.2) is 49.5 Å². The lowest BCUT2D eigenvalue weighted by atomic mass is 9.46. The number of aliphatic hydroxyl groups excluding tert-OH is 2. The van der Waals surface area contributed by atoms with E-state index in [4.69, 9.17) is 0 Å². The van der Waals surface area contributed by atoms with Crippen LogP contribution in [0, 0.1) is 28.6 Å². The smallest absolute Gasteiger partial charge is 0.190 e. The van der Waals surface area contributed by atoms with E-state index in [-0.39, 0.29) is 30.0 Å². The van der Waals surface area contributed by atoms with Crippen molar-refractivity contribution in [3.63, 3.8) is 0 Å². The van der Waals surface area contributed by atoms with Gasteiger partial charge in [-0.2, -0.15) is 0 Å². The van der Waals surface area contributed by atoms with Crippen LogP contribution < -0.4 is 0 Å². The third-order valence-corrected chi connectivity index (χ3v) is 10.7. The Bertz CT molecular complexity index is 805. The monoisotopic (exact) mass is 452 g/mol. The Morgan fingerprint density at radius 2 is 2.00 bits per heavy atom. The van der Waals surface area contributed by atoms with Gasteiger partial charge < -0.3 is 15.3 Å². The molecule has 3 fully saturated rings. The van der Waals surface area contributed by atoms with E-state index in [1.54, 1.807) is 12.2 Å². The van der Waals surface area contributed by atoms with Crippen molar-refractivity contribution in [3.8, 4) is 0 Å². The predicted octanol–water partition coefficient (Wildman–Crippen LogP) is 2.32. The van der Waals surface area contributed by atoms with Crippen LogP contribution in [0.25, 0.3) is 0 Å². The van der Waals surface area contributed by atoms with E-state index in [0.29, 0.717) is 6.42 Å². The van der Waals surface area contributed by atoms with E-state index in [2.05, 4.69) is 22.9 Å². The van der Waals surface area contributed by atoms with Gasteiger partial charge >= 0.3 is 0 Å². The minimum Gasteiger partial charge on any atom is -0.392 e. The summed E-state index contributed by atoms with van der Waals surface area (Å²) in [5.74, 6) is -0.809. The molecule has 0 bridgehead atoms. The molecule has 0 spiro atoms. The van der Waals surface area contributed by atoms with E-state index >= 15 is 0 Å². The van der Waals surface area contributed by atoms with Gasteiger partial charge in [0.05, 0.1) is 10.4 Å². The molecule has 0 aromatic heterocycles. The molecule has 0 radical (unpaired) electrons. The number of ketones is 2. The number of aliphatic hydroxyl groups is 3. The maximum atomic E-state index is 12.6. The van der Waals surface area contributed by atoms with Crippen molar-refractivity contribution in [3.05, 3.63) is 23.8 Å². The first-order chi connectivity index (χ1) is 13.0. The number of allylic oxidation sites excluding steroid dienone is 4. The van der Waals surface area contributed by atoms with Crippen LogP contribution in [0.3, 0.4) is 0 Å². The molecule has 0 amide bonds. The van der Waals surface area contributed by atoms with Crippen LogP contribution in [0.5, 0.6) is 0 Å². The van der Waals surface area contributed by atoms with Crippen molar-refractivity contribution in [1.82, 2.24) is 0 Å². The minimum atomic E-state index is -1.64. The van der Waals surface area contributed by atoms with Crippen LogP contribution in [0.4, 0.5) is 0 Å². The van der Waals surface area contributed by atoms with Crippen molar-refractivity contribution in [1.29, 1.82) is 0 Å². The van der Waals surface area contributed by atoms with Gasteiger partial charge in [-0.25, -0.2) is 0 Å². The first-order valence-corrected chi connectivity index (χ1v) is 10.9. The molecule has 0 aromatic carbocycles. The topological polar surface area (TPSA) is 94.8 Å². The van der Waals surface area contributed by atoms with Crippen LogP contribution in [0.15, 0.2) is 23.8 Å². The first kappa shape index (κ1) is 20.5. The minimum absolute atomic E-state index is 0.0189. The van der Waals surface area contributed by atoms with Gasteiger partial charge in [-0.15, -0.1) is 0 Å². The van der Waals surface area contributed by atoms with E-state index in [1.807, 2.05) is 19.9 Å². The van der Waals surface area contributed by atoms with Crippen molar-refractivity contribution in [2.45, 2.75) is 62.5 Å². The molecule has 0 aliphatic heterocycles. The molecule has 4 aliphatic rings. The van der Waals surface area contributed by atoms with Gasteiger partial charge in [-0.05, 0) is 55.6 Å². The molecule has 4 aliphatic carbocycles. The average molecular weight is 453 g/mol. The number of fused-ring (bicyclic) bond motifs is 5. The highest BCUT2D eigenvalue weighted by Gasteiger charge is 2.74. The lowest BCUT2D eigenvalue weighted by Gasteiger charge is -2.64. The van der Waals surface area contributed by atoms with Crippen molar-refractivity contribution >= 4 is 27.5 Å². The largest absolute Gasteiger partial charge is 0.392 e.